The molecule has 14 heavy (non-hydrogen) atoms. The fourth-order valence-electron chi connectivity index (χ4n) is 1.73. The summed E-state index contributed by atoms with van der Waals surface area (Å²) in [6.45, 7) is 9.20. The molecule has 3 nitrogen and oxygen atoms in total. The van der Waals surface area contributed by atoms with Crippen LogP contribution in [-0.2, 0) is 9.53 Å². The van der Waals surface area contributed by atoms with Crippen LogP contribution >= 0.6 is 0 Å². The van der Waals surface area contributed by atoms with Crippen LogP contribution in [0.1, 0.15) is 27.2 Å². The van der Waals surface area contributed by atoms with Gasteiger partial charge in [0, 0.05) is 13.1 Å². The highest BCUT2D eigenvalue weighted by Crippen LogP contribution is 2.20. The molecule has 0 atom stereocenters. The summed E-state index contributed by atoms with van der Waals surface area (Å²) >= 11 is 0. The van der Waals surface area contributed by atoms with Gasteiger partial charge in [-0.2, -0.15) is 0 Å². The van der Waals surface area contributed by atoms with Gasteiger partial charge < -0.3 is 4.74 Å². The number of hydrogen-bond acceptors (Lipinski definition) is 3. The quantitative estimate of drug-likeness (QED) is 0.641. The van der Waals surface area contributed by atoms with E-state index in [1.807, 2.05) is 6.92 Å². The molecule has 0 saturated carbocycles. The van der Waals surface area contributed by atoms with Gasteiger partial charge in [-0.05, 0) is 25.5 Å². The molecule has 0 bridgehead atoms. The minimum absolute atomic E-state index is 0.125. The summed E-state index contributed by atoms with van der Waals surface area (Å²) in [7, 11) is 0. The van der Waals surface area contributed by atoms with Crippen LogP contribution in [0, 0.1) is 0 Å². The lowest BCUT2D eigenvalue weighted by Gasteiger charge is -2.11. The van der Waals surface area contributed by atoms with Crippen LogP contribution in [-0.4, -0.2) is 37.1 Å². The van der Waals surface area contributed by atoms with Gasteiger partial charge in [0.05, 0.1) is 12.2 Å². The second-order valence-corrected chi connectivity index (χ2v) is 3.46. The van der Waals surface area contributed by atoms with Crippen molar-refractivity contribution in [3.8, 4) is 0 Å². The van der Waals surface area contributed by atoms with Gasteiger partial charge in [0.25, 0.3) is 0 Å². The second kappa shape index (κ2) is 5.15. The normalized spacial score (nSPS) is 17.6. The van der Waals surface area contributed by atoms with E-state index < -0.39 is 0 Å². The lowest BCUT2D eigenvalue weighted by atomic mass is 10.1. The molecule has 0 saturated heterocycles. The van der Waals surface area contributed by atoms with Crippen LogP contribution in [0.25, 0.3) is 0 Å². The standard InChI is InChI=1S/C11H19NO2/c1-4-9-7-12(5-2)8-10(9)11(13)14-6-3/h4-8H2,1-3H3. The number of carbonyl (C=O) groups is 1. The molecule has 0 radical (unpaired) electrons. The minimum atomic E-state index is -0.125. The smallest absolute Gasteiger partial charge is 0.335 e. The Morgan fingerprint density at radius 1 is 1.36 bits per heavy atom. The predicted molar refractivity (Wildman–Crippen MR) is 56.1 cm³/mol. The Balaban J connectivity index is 2.68. The van der Waals surface area contributed by atoms with Crippen molar-refractivity contribution in [1.29, 1.82) is 0 Å². The molecule has 3 heteroatoms. The van der Waals surface area contributed by atoms with Gasteiger partial charge in [-0.1, -0.05) is 13.8 Å². The predicted octanol–water partition coefficient (Wildman–Crippen LogP) is 1.59. The molecular weight excluding hydrogens is 178 g/mol. The average molecular weight is 197 g/mol. The topological polar surface area (TPSA) is 29.5 Å². The highest BCUT2D eigenvalue weighted by atomic mass is 16.5. The Morgan fingerprint density at radius 3 is 2.57 bits per heavy atom. The molecule has 0 spiro atoms. The summed E-state index contributed by atoms with van der Waals surface area (Å²) in [6, 6.07) is 0. The van der Waals surface area contributed by atoms with E-state index in [1.54, 1.807) is 0 Å². The van der Waals surface area contributed by atoms with Crippen LogP contribution in [0.3, 0.4) is 0 Å². The molecule has 0 unspecified atom stereocenters. The van der Waals surface area contributed by atoms with Gasteiger partial charge in [0.15, 0.2) is 0 Å². The molecule has 0 aliphatic carbocycles. The number of carbonyl (C=O) groups excluding carboxylic acids is 1. The van der Waals surface area contributed by atoms with Crippen molar-refractivity contribution in [3.63, 3.8) is 0 Å². The SMILES string of the molecule is CCOC(=O)C1=C(CC)CN(CC)C1. The maximum atomic E-state index is 11.6. The molecule has 0 aromatic heterocycles. The first kappa shape index (κ1) is 11.2. The molecule has 1 rings (SSSR count). The zero-order valence-electron chi connectivity index (χ0n) is 9.30. The van der Waals surface area contributed by atoms with Crippen molar-refractivity contribution in [2.24, 2.45) is 0 Å². The summed E-state index contributed by atoms with van der Waals surface area (Å²) in [5.74, 6) is -0.125. The molecule has 0 aromatic rings. The van der Waals surface area contributed by atoms with Crippen molar-refractivity contribution in [2.45, 2.75) is 27.2 Å². The summed E-state index contributed by atoms with van der Waals surface area (Å²) in [5.41, 5.74) is 2.13. The first-order valence-electron chi connectivity index (χ1n) is 5.33. The van der Waals surface area contributed by atoms with Crippen LogP contribution in [0.5, 0.6) is 0 Å². The fourth-order valence-corrected chi connectivity index (χ4v) is 1.73. The van der Waals surface area contributed by atoms with Crippen LogP contribution in [0.2, 0.25) is 0 Å². The summed E-state index contributed by atoms with van der Waals surface area (Å²) in [6.07, 6.45) is 0.949. The van der Waals surface area contributed by atoms with E-state index >= 15 is 0 Å². The van der Waals surface area contributed by atoms with Gasteiger partial charge in [0.1, 0.15) is 0 Å². The fraction of sp³-hybridized carbons (Fsp3) is 0.727. The summed E-state index contributed by atoms with van der Waals surface area (Å²) < 4.78 is 5.03. The third-order valence-electron chi connectivity index (χ3n) is 2.62. The van der Waals surface area contributed by atoms with Crippen molar-refractivity contribution >= 4 is 5.97 Å². The third kappa shape index (κ3) is 2.35. The van der Waals surface area contributed by atoms with Crippen molar-refractivity contribution in [1.82, 2.24) is 4.90 Å². The highest BCUT2D eigenvalue weighted by Gasteiger charge is 2.25. The van der Waals surface area contributed by atoms with Gasteiger partial charge in [-0.15, -0.1) is 0 Å². The van der Waals surface area contributed by atoms with Gasteiger partial charge in [0.2, 0.25) is 0 Å². The van der Waals surface area contributed by atoms with E-state index in [2.05, 4.69) is 18.7 Å². The van der Waals surface area contributed by atoms with E-state index in [0.717, 1.165) is 31.6 Å². The van der Waals surface area contributed by atoms with Crippen molar-refractivity contribution < 1.29 is 9.53 Å². The molecule has 1 aliphatic heterocycles. The number of likely N-dealkylation sites (N-methyl/N-ethyl adjacent to an activating group) is 1. The Morgan fingerprint density at radius 2 is 2.07 bits per heavy atom. The minimum Gasteiger partial charge on any atom is -0.463 e. The molecule has 0 N–H and O–H groups in total. The molecule has 1 aliphatic rings. The zero-order chi connectivity index (χ0) is 10.6. The average Bonchev–Trinajstić information content (AvgIpc) is 2.61. The van der Waals surface area contributed by atoms with Crippen molar-refractivity contribution in [2.75, 3.05) is 26.2 Å². The molecular formula is C11H19NO2. The first-order chi connectivity index (χ1) is 6.72. The Kier molecular flexibility index (Phi) is 4.14. The Hall–Kier alpha value is -0.830. The number of hydrogen-bond donors (Lipinski definition) is 0. The maximum absolute atomic E-state index is 11.6. The Bertz CT molecular complexity index is 246. The molecule has 0 fully saturated rings. The first-order valence-corrected chi connectivity index (χ1v) is 5.33. The van der Waals surface area contributed by atoms with Gasteiger partial charge >= 0.3 is 5.97 Å². The number of esters is 1. The molecule has 80 valence electrons. The molecule has 0 aromatic carbocycles. The van der Waals surface area contributed by atoms with E-state index in [4.69, 9.17) is 4.74 Å². The van der Waals surface area contributed by atoms with E-state index in [0.29, 0.717) is 6.61 Å². The zero-order valence-corrected chi connectivity index (χ0v) is 9.30. The lowest BCUT2D eigenvalue weighted by molar-refractivity contribution is -0.138. The number of ether oxygens (including phenoxy) is 1. The van der Waals surface area contributed by atoms with E-state index in [1.165, 1.54) is 5.57 Å². The van der Waals surface area contributed by atoms with Crippen LogP contribution in [0.4, 0.5) is 0 Å². The molecule has 0 amide bonds. The van der Waals surface area contributed by atoms with Crippen LogP contribution < -0.4 is 0 Å². The monoisotopic (exact) mass is 197 g/mol. The third-order valence-corrected chi connectivity index (χ3v) is 2.62. The number of nitrogens with zero attached hydrogens (tertiary/aromatic N) is 1. The van der Waals surface area contributed by atoms with Gasteiger partial charge in [-0.25, -0.2) is 4.79 Å². The Labute approximate surface area is 85.7 Å². The van der Waals surface area contributed by atoms with Gasteiger partial charge in [-0.3, -0.25) is 4.90 Å². The van der Waals surface area contributed by atoms with Crippen LogP contribution in [0.15, 0.2) is 11.1 Å². The number of rotatable bonds is 4. The second-order valence-electron chi connectivity index (χ2n) is 3.46. The highest BCUT2D eigenvalue weighted by molar-refractivity contribution is 5.90. The van der Waals surface area contributed by atoms with E-state index in [9.17, 15) is 4.79 Å². The largest absolute Gasteiger partial charge is 0.463 e. The lowest BCUT2D eigenvalue weighted by Crippen LogP contribution is -2.22. The van der Waals surface area contributed by atoms with Crippen molar-refractivity contribution in [3.05, 3.63) is 11.1 Å². The van der Waals surface area contributed by atoms with E-state index in [-0.39, 0.29) is 5.97 Å². The molecule has 1 heterocycles. The summed E-state index contributed by atoms with van der Waals surface area (Å²) in [5, 5.41) is 0. The maximum Gasteiger partial charge on any atom is 0.335 e. The summed E-state index contributed by atoms with van der Waals surface area (Å²) in [4.78, 5) is 13.8.